The SMILES string of the molecule is CC(NC(=O)NC(C)c1ccccc1F)C(=O)O. The Balaban J connectivity index is 2.60. The van der Waals surface area contributed by atoms with E-state index in [0.717, 1.165) is 0 Å². The molecule has 0 saturated carbocycles. The van der Waals surface area contributed by atoms with E-state index in [1.807, 2.05) is 0 Å². The van der Waals surface area contributed by atoms with Crippen molar-refractivity contribution >= 4 is 12.0 Å². The van der Waals surface area contributed by atoms with Crippen LogP contribution in [-0.2, 0) is 4.79 Å². The number of carbonyl (C=O) groups is 2. The Kier molecular flexibility index (Phi) is 4.65. The van der Waals surface area contributed by atoms with Gasteiger partial charge >= 0.3 is 12.0 Å². The first-order chi connectivity index (χ1) is 8.41. The Bertz CT molecular complexity index is 451. The van der Waals surface area contributed by atoms with Gasteiger partial charge in [-0.25, -0.2) is 9.18 Å². The molecule has 3 N–H and O–H groups in total. The second-order valence-corrected chi connectivity index (χ2v) is 3.92. The van der Waals surface area contributed by atoms with Gasteiger partial charge in [0.05, 0.1) is 6.04 Å². The van der Waals surface area contributed by atoms with Gasteiger partial charge in [-0.1, -0.05) is 18.2 Å². The van der Waals surface area contributed by atoms with E-state index in [1.165, 1.54) is 13.0 Å². The van der Waals surface area contributed by atoms with Crippen molar-refractivity contribution in [3.8, 4) is 0 Å². The van der Waals surface area contributed by atoms with Gasteiger partial charge in [0.2, 0.25) is 0 Å². The fourth-order valence-corrected chi connectivity index (χ4v) is 1.40. The number of carbonyl (C=O) groups excluding carboxylic acids is 1. The molecule has 2 unspecified atom stereocenters. The summed E-state index contributed by atoms with van der Waals surface area (Å²) in [5.74, 6) is -1.56. The molecule has 1 aromatic rings. The normalized spacial score (nSPS) is 13.5. The summed E-state index contributed by atoms with van der Waals surface area (Å²) in [7, 11) is 0. The Morgan fingerprint density at radius 1 is 1.22 bits per heavy atom. The van der Waals surface area contributed by atoms with E-state index in [0.29, 0.717) is 5.56 Å². The summed E-state index contributed by atoms with van der Waals surface area (Å²) >= 11 is 0. The van der Waals surface area contributed by atoms with Crippen LogP contribution in [0.3, 0.4) is 0 Å². The fourth-order valence-electron chi connectivity index (χ4n) is 1.40. The van der Waals surface area contributed by atoms with Crippen LogP contribution in [0.5, 0.6) is 0 Å². The number of benzene rings is 1. The van der Waals surface area contributed by atoms with Crippen LogP contribution in [0.4, 0.5) is 9.18 Å². The topological polar surface area (TPSA) is 78.4 Å². The number of carboxylic acids is 1. The van der Waals surface area contributed by atoms with Gasteiger partial charge in [-0.05, 0) is 19.9 Å². The number of rotatable bonds is 4. The van der Waals surface area contributed by atoms with Crippen LogP contribution in [0, 0.1) is 5.82 Å². The predicted octanol–water partition coefficient (Wildman–Crippen LogP) is 1.66. The molecule has 0 aliphatic heterocycles. The molecule has 6 heteroatoms. The third-order valence-corrected chi connectivity index (χ3v) is 2.44. The molecule has 18 heavy (non-hydrogen) atoms. The summed E-state index contributed by atoms with van der Waals surface area (Å²) < 4.78 is 13.4. The predicted molar refractivity (Wildman–Crippen MR) is 63.6 cm³/mol. The third kappa shape index (κ3) is 3.73. The summed E-state index contributed by atoms with van der Waals surface area (Å²) in [6.45, 7) is 2.96. The van der Waals surface area contributed by atoms with Crippen LogP contribution >= 0.6 is 0 Å². The van der Waals surface area contributed by atoms with Crippen LogP contribution in [0.15, 0.2) is 24.3 Å². The molecule has 2 amide bonds. The Hall–Kier alpha value is -2.11. The maximum absolute atomic E-state index is 13.4. The molecule has 0 aromatic heterocycles. The van der Waals surface area contributed by atoms with Crippen molar-refractivity contribution in [1.29, 1.82) is 0 Å². The second kappa shape index (κ2) is 6.00. The molecule has 0 radical (unpaired) electrons. The molecule has 0 aliphatic carbocycles. The Morgan fingerprint density at radius 2 is 1.83 bits per heavy atom. The summed E-state index contributed by atoms with van der Waals surface area (Å²) in [5.41, 5.74) is 0.343. The lowest BCUT2D eigenvalue weighted by Gasteiger charge is -2.17. The molecule has 1 aromatic carbocycles. The lowest BCUT2D eigenvalue weighted by molar-refractivity contribution is -0.138. The summed E-state index contributed by atoms with van der Waals surface area (Å²) in [4.78, 5) is 22.0. The van der Waals surface area contributed by atoms with Gasteiger partial charge in [-0.15, -0.1) is 0 Å². The zero-order valence-corrected chi connectivity index (χ0v) is 10.1. The van der Waals surface area contributed by atoms with E-state index in [2.05, 4.69) is 10.6 Å². The Morgan fingerprint density at radius 3 is 2.39 bits per heavy atom. The number of nitrogens with one attached hydrogen (secondary N) is 2. The number of carboxylic acid groups (broad SMARTS) is 1. The molecule has 0 fully saturated rings. The summed E-state index contributed by atoms with van der Waals surface area (Å²) in [6.07, 6.45) is 0. The average Bonchev–Trinajstić information content (AvgIpc) is 2.28. The molecule has 1 rings (SSSR count). The van der Waals surface area contributed by atoms with Crippen molar-refractivity contribution in [2.45, 2.75) is 25.9 Å². The second-order valence-electron chi connectivity index (χ2n) is 3.92. The molecule has 0 heterocycles. The maximum atomic E-state index is 13.4. The highest BCUT2D eigenvalue weighted by atomic mass is 19.1. The minimum atomic E-state index is -1.14. The van der Waals surface area contributed by atoms with Crippen LogP contribution in [0.1, 0.15) is 25.5 Å². The first-order valence-electron chi connectivity index (χ1n) is 5.46. The smallest absolute Gasteiger partial charge is 0.325 e. The minimum absolute atomic E-state index is 0.343. The van der Waals surface area contributed by atoms with Crippen LogP contribution < -0.4 is 10.6 Å². The number of aliphatic carboxylic acids is 1. The van der Waals surface area contributed by atoms with E-state index in [9.17, 15) is 14.0 Å². The Labute approximate surface area is 104 Å². The van der Waals surface area contributed by atoms with E-state index in [1.54, 1.807) is 25.1 Å². The molecule has 5 nitrogen and oxygen atoms in total. The van der Waals surface area contributed by atoms with Crippen LogP contribution in [0.2, 0.25) is 0 Å². The van der Waals surface area contributed by atoms with E-state index in [4.69, 9.17) is 5.11 Å². The summed E-state index contributed by atoms with van der Waals surface area (Å²) in [5, 5.41) is 13.3. The van der Waals surface area contributed by atoms with Crippen molar-refractivity contribution < 1.29 is 19.1 Å². The maximum Gasteiger partial charge on any atom is 0.325 e. The number of amides is 2. The van der Waals surface area contributed by atoms with Crippen LogP contribution in [-0.4, -0.2) is 23.1 Å². The van der Waals surface area contributed by atoms with Gasteiger partial charge in [0.25, 0.3) is 0 Å². The lowest BCUT2D eigenvalue weighted by atomic mass is 10.1. The van der Waals surface area contributed by atoms with Gasteiger partial charge in [0, 0.05) is 5.56 Å². The standard InChI is InChI=1S/C12H15FN2O3/c1-7(9-5-3-4-6-10(9)13)14-12(18)15-8(2)11(16)17/h3-8H,1-2H3,(H,16,17)(H2,14,15,18). The fraction of sp³-hybridized carbons (Fsp3) is 0.333. The van der Waals surface area contributed by atoms with Gasteiger partial charge in [0.15, 0.2) is 0 Å². The molecule has 2 atom stereocenters. The van der Waals surface area contributed by atoms with Crippen molar-refractivity contribution in [3.63, 3.8) is 0 Å². The molecule has 0 spiro atoms. The summed E-state index contributed by atoms with van der Waals surface area (Å²) in [6, 6.07) is 3.87. The molecule has 0 aliphatic rings. The molecular weight excluding hydrogens is 239 g/mol. The number of hydrogen-bond acceptors (Lipinski definition) is 2. The number of urea groups is 1. The largest absolute Gasteiger partial charge is 0.480 e. The van der Waals surface area contributed by atoms with Crippen molar-refractivity contribution in [2.75, 3.05) is 0 Å². The first-order valence-corrected chi connectivity index (χ1v) is 5.46. The monoisotopic (exact) mass is 254 g/mol. The van der Waals surface area contributed by atoms with Gasteiger partial charge in [-0.3, -0.25) is 4.79 Å². The highest BCUT2D eigenvalue weighted by molar-refractivity contribution is 5.82. The van der Waals surface area contributed by atoms with Crippen molar-refractivity contribution in [3.05, 3.63) is 35.6 Å². The van der Waals surface area contributed by atoms with Gasteiger partial charge in [0.1, 0.15) is 11.9 Å². The zero-order chi connectivity index (χ0) is 13.7. The molecule has 98 valence electrons. The third-order valence-electron chi connectivity index (χ3n) is 2.44. The average molecular weight is 254 g/mol. The van der Waals surface area contributed by atoms with Crippen molar-refractivity contribution in [1.82, 2.24) is 10.6 Å². The number of halogens is 1. The highest BCUT2D eigenvalue weighted by Crippen LogP contribution is 2.15. The van der Waals surface area contributed by atoms with E-state index >= 15 is 0 Å². The molecule has 0 saturated heterocycles. The lowest BCUT2D eigenvalue weighted by Crippen LogP contribution is -2.45. The highest BCUT2D eigenvalue weighted by Gasteiger charge is 2.17. The minimum Gasteiger partial charge on any atom is -0.480 e. The molecule has 0 bridgehead atoms. The van der Waals surface area contributed by atoms with Crippen molar-refractivity contribution in [2.24, 2.45) is 0 Å². The van der Waals surface area contributed by atoms with E-state index in [-0.39, 0.29) is 0 Å². The van der Waals surface area contributed by atoms with Gasteiger partial charge in [-0.2, -0.15) is 0 Å². The van der Waals surface area contributed by atoms with Gasteiger partial charge < -0.3 is 15.7 Å². The zero-order valence-electron chi connectivity index (χ0n) is 10.1. The quantitative estimate of drug-likeness (QED) is 0.764. The molecular formula is C12H15FN2O3. The van der Waals surface area contributed by atoms with Crippen LogP contribution in [0.25, 0.3) is 0 Å². The number of hydrogen-bond donors (Lipinski definition) is 3. The first kappa shape index (κ1) is 14.0. The van der Waals surface area contributed by atoms with E-state index < -0.39 is 29.9 Å².